The highest BCUT2D eigenvalue weighted by molar-refractivity contribution is 5.86. The lowest BCUT2D eigenvalue weighted by Crippen LogP contribution is -2.40. The summed E-state index contributed by atoms with van der Waals surface area (Å²) in [7, 11) is 0. The van der Waals surface area contributed by atoms with E-state index < -0.39 is 12.0 Å². The Morgan fingerprint density at radius 3 is 2.47 bits per heavy atom. The van der Waals surface area contributed by atoms with Gasteiger partial charge in [-0.25, -0.2) is 9.59 Å². The number of ether oxygens (including phenoxy) is 1. The molecule has 0 saturated heterocycles. The zero-order chi connectivity index (χ0) is 11.8. The second-order valence-electron chi connectivity index (χ2n) is 2.97. The molecule has 0 aliphatic rings. The Kier molecular flexibility index (Phi) is 6.12. The normalized spacial score (nSPS) is 9.47. The predicted octanol–water partition coefficient (Wildman–Crippen LogP) is -0.521. The van der Waals surface area contributed by atoms with Crippen LogP contribution in [0.5, 0.6) is 0 Å². The molecule has 0 aliphatic heterocycles. The summed E-state index contributed by atoms with van der Waals surface area (Å²) in [5, 5.41) is 8.61. The molecule has 0 rings (SSSR count). The molecular formula is C9H16N2O4. The number of carbonyl (C=O) groups is 2. The molecule has 0 unspecified atom stereocenters. The first-order chi connectivity index (χ1) is 6.99. The molecule has 6 heteroatoms. The zero-order valence-corrected chi connectivity index (χ0v) is 8.73. The van der Waals surface area contributed by atoms with Crippen molar-refractivity contribution >= 4 is 12.0 Å². The molecular weight excluding hydrogens is 200 g/mol. The number of hydrogen-bond acceptors (Lipinski definition) is 4. The monoisotopic (exact) mass is 216 g/mol. The van der Waals surface area contributed by atoms with Crippen molar-refractivity contribution in [3.05, 3.63) is 12.2 Å². The molecule has 0 fully saturated rings. The molecule has 3 N–H and O–H groups in total. The quantitative estimate of drug-likeness (QED) is 0.461. The van der Waals surface area contributed by atoms with Crippen LogP contribution in [-0.2, 0) is 9.53 Å². The minimum Gasteiger partial charge on any atom is -0.460 e. The summed E-state index contributed by atoms with van der Waals surface area (Å²) in [6.45, 7) is 5.07. The number of urea groups is 1. The molecule has 0 spiro atoms. The molecule has 0 atom stereocenters. The van der Waals surface area contributed by atoms with Crippen molar-refractivity contribution in [1.82, 2.24) is 4.90 Å². The summed E-state index contributed by atoms with van der Waals surface area (Å²) in [6, 6.07) is -0.657. The molecule has 0 aliphatic carbocycles. The topological polar surface area (TPSA) is 92.9 Å². The lowest BCUT2D eigenvalue weighted by molar-refractivity contribution is -0.139. The van der Waals surface area contributed by atoms with Gasteiger partial charge in [0.2, 0.25) is 0 Å². The van der Waals surface area contributed by atoms with Crippen molar-refractivity contribution in [2.24, 2.45) is 5.73 Å². The number of esters is 1. The summed E-state index contributed by atoms with van der Waals surface area (Å²) in [4.78, 5) is 22.9. The Hall–Kier alpha value is -1.56. The lowest BCUT2D eigenvalue weighted by Gasteiger charge is -2.18. The summed E-state index contributed by atoms with van der Waals surface area (Å²) < 4.78 is 4.76. The van der Waals surface area contributed by atoms with Gasteiger partial charge in [-0.15, -0.1) is 0 Å². The average Bonchev–Trinajstić information content (AvgIpc) is 2.15. The number of rotatable bonds is 6. The van der Waals surface area contributed by atoms with Gasteiger partial charge in [-0.3, -0.25) is 0 Å². The first-order valence-corrected chi connectivity index (χ1v) is 4.47. The second kappa shape index (κ2) is 6.83. The van der Waals surface area contributed by atoms with Crippen LogP contribution in [0.15, 0.2) is 12.2 Å². The van der Waals surface area contributed by atoms with Crippen molar-refractivity contribution < 1.29 is 19.4 Å². The summed E-state index contributed by atoms with van der Waals surface area (Å²) >= 11 is 0. The minimum absolute atomic E-state index is 0.0363. The number of aliphatic hydroxyl groups is 1. The summed E-state index contributed by atoms with van der Waals surface area (Å²) in [6.07, 6.45) is 0. The molecule has 0 bridgehead atoms. The van der Waals surface area contributed by atoms with E-state index in [0.717, 1.165) is 0 Å². The Morgan fingerprint density at radius 2 is 2.07 bits per heavy atom. The van der Waals surface area contributed by atoms with E-state index >= 15 is 0 Å². The number of carbonyl (C=O) groups excluding carboxylic acids is 2. The average molecular weight is 216 g/mol. The van der Waals surface area contributed by atoms with E-state index in [9.17, 15) is 9.59 Å². The molecule has 0 aromatic heterocycles. The van der Waals surface area contributed by atoms with Gasteiger partial charge in [-0.1, -0.05) is 6.58 Å². The Bertz CT molecular complexity index is 252. The Morgan fingerprint density at radius 1 is 1.47 bits per heavy atom. The van der Waals surface area contributed by atoms with Crippen LogP contribution in [-0.4, -0.2) is 48.3 Å². The maximum absolute atomic E-state index is 10.9. The van der Waals surface area contributed by atoms with Crippen molar-refractivity contribution in [2.75, 3.05) is 26.3 Å². The number of nitrogens with zero attached hydrogens (tertiary/aromatic N) is 1. The number of aliphatic hydroxyl groups excluding tert-OH is 1. The van der Waals surface area contributed by atoms with Gasteiger partial charge in [0.25, 0.3) is 0 Å². The highest BCUT2D eigenvalue weighted by Crippen LogP contribution is 1.93. The molecule has 86 valence electrons. The number of nitrogens with two attached hydrogens (primary N) is 1. The van der Waals surface area contributed by atoms with Crippen molar-refractivity contribution in [1.29, 1.82) is 0 Å². The summed E-state index contributed by atoms with van der Waals surface area (Å²) in [5.41, 5.74) is 5.31. The van der Waals surface area contributed by atoms with Crippen LogP contribution in [0.3, 0.4) is 0 Å². The molecule has 0 radical (unpaired) electrons. The van der Waals surface area contributed by atoms with E-state index in [2.05, 4.69) is 6.58 Å². The van der Waals surface area contributed by atoms with Gasteiger partial charge >= 0.3 is 12.0 Å². The van der Waals surface area contributed by atoms with Crippen molar-refractivity contribution in [3.63, 3.8) is 0 Å². The predicted molar refractivity (Wildman–Crippen MR) is 54.0 cm³/mol. The molecule has 0 aromatic carbocycles. The molecule has 2 amide bonds. The van der Waals surface area contributed by atoms with Crippen molar-refractivity contribution in [3.8, 4) is 0 Å². The Balaban J connectivity index is 3.85. The SMILES string of the molecule is C=C(C)C(=O)OCCN(CCO)C(N)=O. The fourth-order valence-corrected chi connectivity index (χ4v) is 0.825. The van der Waals surface area contributed by atoms with Gasteiger partial charge < -0.3 is 20.5 Å². The summed E-state index contributed by atoms with van der Waals surface area (Å²) in [5.74, 6) is -0.511. The number of amides is 2. The first-order valence-electron chi connectivity index (χ1n) is 4.47. The van der Waals surface area contributed by atoms with Crippen LogP contribution in [0.4, 0.5) is 4.79 Å². The van der Waals surface area contributed by atoms with E-state index in [0.29, 0.717) is 5.57 Å². The molecule has 0 heterocycles. The van der Waals surface area contributed by atoms with E-state index in [1.165, 1.54) is 11.8 Å². The van der Waals surface area contributed by atoms with Gasteiger partial charge in [-0.05, 0) is 6.92 Å². The maximum Gasteiger partial charge on any atom is 0.333 e. The van der Waals surface area contributed by atoms with E-state index in [1.54, 1.807) is 0 Å². The standard InChI is InChI=1S/C9H16N2O4/c1-7(2)8(13)15-6-4-11(3-5-12)9(10)14/h12H,1,3-6H2,2H3,(H2,10,14). The largest absolute Gasteiger partial charge is 0.460 e. The minimum atomic E-state index is -0.657. The first kappa shape index (κ1) is 13.4. The van der Waals surface area contributed by atoms with Gasteiger partial charge in [0.1, 0.15) is 6.61 Å². The third-order valence-electron chi connectivity index (χ3n) is 1.62. The van der Waals surface area contributed by atoms with Crippen LogP contribution < -0.4 is 5.73 Å². The molecule has 0 aromatic rings. The highest BCUT2D eigenvalue weighted by Gasteiger charge is 2.09. The van der Waals surface area contributed by atoms with Crippen LogP contribution >= 0.6 is 0 Å². The number of primary amides is 1. The fraction of sp³-hybridized carbons (Fsp3) is 0.556. The molecule has 15 heavy (non-hydrogen) atoms. The highest BCUT2D eigenvalue weighted by atomic mass is 16.5. The van der Waals surface area contributed by atoms with Gasteiger partial charge in [0.05, 0.1) is 13.2 Å². The van der Waals surface area contributed by atoms with Crippen LogP contribution in [0.2, 0.25) is 0 Å². The van der Waals surface area contributed by atoms with Crippen molar-refractivity contribution in [2.45, 2.75) is 6.92 Å². The van der Waals surface area contributed by atoms with Crippen LogP contribution in [0, 0.1) is 0 Å². The fourth-order valence-electron chi connectivity index (χ4n) is 0.825. The van der Waals surface area contributed by atoms with E-state index in [-0.39, 0.29) is 26.3 Å². The van der Waals surface area contributed by atoms with Crippen LogP contribution in [0.1, 0.15) is 6.92 Å². The lowest BCUT2D eigenvalue weighted by atomic mass is 10.4. The second-order valence-corrected chi connectivity index (χ2v) is 2.97. The molecule has 6 nitrogen and oxygen atoms in total. The van der Waals surface area contributed by atoms with Gasteiger partial charge in [0.15, 0.2) is 0 Å². The molecule has 0 saturated carbocycles. The van der Waals surface area contributed by atoms with E-state index in [4.69, 9.17) is 15.6 Å². The van der Waals surface area contributed by atoms with Gasteiger partial charge in [-0.2, -0.15) is 0 Å². The van der Waals surface area contributed by atoms with Crippen LogP contribution in [0.25, 0.3) is 0 Å². The van der Waals surface area contributed by atoms with Gasteiger partial charge in [0, 0.05) is 12.1 Å². The zero-order valence-electron chi connectivity index (χ0n) is 8.73. The number of hydrogen-bond donors (Lipinski definition) is 2. The third kappa shape index (κ3) is 5.69. The third-order valence-corrected chi connectivity index (χ3v) is 1.62. The smallest absolute Gasteiger partial charge is 0.333 e. The van der Waals surface area contributed by atoms with E-state index in [1.807, 2.05) is 0 Å². The Labute approximate surface area is 88.3 Å². The maximum atomic E-state index is 10.9.